The van der Waals surface area contributed by atoms with E-state index in [0.29, 0.717) is 0 Å². The Morgan fingerprint density at radius 2 is 0.774 bits per heavy atom. The number of halogens is 1. The summed E-state index contributed by atoms with van der Waals surface area (Å²) < 4.78 is 4.68. The molecule has 2 aromatic carbocycles. The van der Waals surface area contributed by atoms with E-state index in [4.69, 9.17) is 0 Å². The van der Waals surface area contributed by atoms with Crippen LogP contribution >= 0.6 is 0 Å². The standard InChI is InChI=1S/C28H34N2.BrH/c1(3-5-11-19-29-21-17-25-13-7-9-15-27(25)23-29)2-4-6-12-20-30-22-18-26-14-8-10-16-28(26)24-30;/h7-10,13-18,21-24H,1-6,11-12,19-20H2;1H/q+2;/p-1. The molecule has 0 atom stereocenters. The van der Waals surface area contributed by atoms with Crippen LogP contribution in [-0.2, 0) is 13.1 Å². The number of rotatable bonds is 11. The number of unbranched alkanes of at least 4 members (excludes halogenated alkanes) is 7. The highest BCUT2D eigenvalue weighted by atomic mass is 79.9. The molecule has 0 aliphatic heterocycles. The molecule has 0 fully saturated rings. The molecule has 0 N–H and O–H groups in total. The van der Waals surface area contributed by atoms with Crippen LogP contribution in [0.25, 0.3) is 21.5 Å². The monoisotopic (exact) mass is 477 g/mol. The van der Waals surface area contributed by atoms with Crippen LogP contribution in [0.3, 0.4) is 0 Å². The van der Waals surface area contributed by atoms with Crippen LogP contribution in [0.15, 0.2) is 85.5 Å². The third-order valence-corrected chi connectivity index (χ3v) is 6.08. The smallest absolute Gasteiger partial charge is 0.176 e. The van der Waals surface area contributed by atoms with E-state index in [1.807, 2.05) is 0 Å². The van der Waals surface area contributed by atoms with Crippen molar-refractivity contribution in [3.05, 3.63) is 85.5 Å². The highest BCUT2D eigenvalue weighted by molar-refractivity contribution is 5.80. The van der Waals surface area contributed by atoms with Crippen molar-refractivity contribution in [2.24, 2.45) is 0 Å². The SMILES string of the molecule is [Br-].c1ccc2c[n+](CCCCCCCCCC[n+]3ccc4ccccc4c3)ccc2c1. The first-order valence-corrected chi connectivity index (χ1v) is 11.6. The van der Waals surface area contributed by atoms with E-state index >= 15 is 0 Å². The quantitative estimate of drug-likeness (QED) is 0.231. The van der Waals surface area contributed by atoms with Crippen molar-refractivity contribution >= 4 is 21.5 Å². The molecule has 4 aromatic rings. The molecule has 2 nitrogen and oxygen atoms in total. The Hall–Kier alpha value is -2.26. The summed E-state index contributed by atoms with van der Waals surface area (Å²) in [5.74, 6) is 0. The van der Waals surface area contributed by atoms with Gasteiger partial charge in [0.1, 0.15) is 13.1 Å². The molecule has 31 heavy (non-hydrogen) atoms. The maximum absolute atomic E-state index is 2.34. The molecular formula is C28H34BrN2+. The first kappa shape index (κ1) is 23.4. The van der Waals surface area contributed by atoms with Gasteiger partial charge in [-0.05, 0) is 35.7 Å². The molecule has 0 aliphatic carbocycles. The Balaban J connectivity index is 0.00000272. The van der Waals surface area contributed by atoms with Crippen LogP contribution in [0.5, 0.6) is 0 Å². The lowest BCUT2D eigenvalue weighted by Gasteiger charge is -2.02. The van der Waals surface area contributed by atoms with Crippen LogP contribution in [0.4, 0.5) is 0 Å². The van der Waals surface area contributed by atoms with Gasteiger partial charge in [0.2, 0.25) is 0 Å². The van der Waals surface area contributed by atoms with Crippen molar-refractivity contribution < 1.29 is 26.1 Å². The van der Waals surface area contributed by atoms with Gasteiger partial charge in [0.15, 0.2) is 24.8 Å². The van der Waals surface area contributed by atoms with E-state index in [0.717, 1.165) is 13.1 Å². The lowest BCUT2D eigenvalue weighted by atomic mass is 10.1. The number of fused-ring (bicyclic) bond motifs is 2. The lowest BCUT2D eigenvalue weighted by molar-refractivity contribution is -0.696. The summed E-state index contributed by atoms with van der Waals surface area (Å²) >= 11 is 0. The molecule has 0 aliphatic rings. The summed E-state index contributed by atoms with van der Waals surface area (Å²) in [6, 6.07) is 21.7. The van der Waals surface area contributed by atoms with Gasteiger partial charge in [-0.2, -0.15) is 0 Å². The Labute approximate surface area is 197 Å². The second-order valence-corrected chi connectivity index (χ2v) is 8.45. The minimum atomic E-state index is 0. The average molecular weight is 478 g/mol. The Morgan fingerprint density at radius 1 is 0.419 bits per heavy atom. The molecule has 0 unspecified atom stereocenters. The zero-order chi connectivity index (χ0) is 20.4. The Bertz CT molecular complexity index is 989. The van der Waals surface area contributed by atoms with Gasteiger partial charge >= 0.3 is 0 Å². The lowest BCUT2D eigenvalue weighted by Crippen LogP contribution is -3.00. The third-order valence-electron chi connectivity index (χ3n) is 6.08. The predicted molar refractivity (Wildman–Crippen MR) is 125 cm³/mol. The number of hydrogen-bond donors (Lipinski definition) is 0. The summed E-state index contributed by atoms with van der Waals surface area (Å²) in [5.41, 5.74) is 0. The summed E-state index contributed by atoms with van der Waals surface area (Å²) in [6.45, 7) is 2.27. The minimum Gasteiger partial charge on any atom is -1.00 e. The van der Waals surface area contributed by atoms with Crippen molar-refractivity contribution in [2.45, 2.75) is 64.5 Å². The molecule has 0 saturated carbocycles. The Kier molecular flexibility index (Phi) is 9.48. The van der Waals surface area contributed by atoms with Crippen molar-refractivity contribution in [3.8, 4) is 0 Å². The number of aryl methyl sites for hydroxylation is 2. The van der Waals surface area contributed by atoms with E-state index in [1.54, 1.807) is 0 Å². The average Bonchev–Trinajstić information content (AvgIpc) is 2.80. The van der Waals surface area contributed by atoms with Crippen molar-refractivity contribution in [1.29, 1.82) is 0 Å². The van der Waals surface area contributed by atoms with Crippen molar-refractivity contribution in [1.82, 2.24) is 0 Å². The van der Waals surface area contributed by atoms with Gasteiger partial charge in [0.05, 0.1) is 0 Å². The summed E-state index contributed by atoms with van der Waals surface area (Å²) in [4.78, 5) is 0. The van der Waals surface area contributed by atoms with Crippen LogP contribution < -0.4 is 26.1 Å². The van der Waals surface area contributed by atoms with E-state index < -0.39 is 0 Å². The minimum absolute atomic E-state index is 0. The van der Waals surface area contributed by atoms with Crippen LogP contribution in [0.2, 0.25) is 0 Å². The summed E-state index contributed by atoms with van der Waals surface area (Å²) in [7, 11) is 0. The van der Waals surface area contributed by atoms with Gasteiger partial charge in [-0.25, -0.2) is 9.13 Å². The molecule has 162 valence electrons. The molecule has 0 radical (unpaired) electrons. The van der Waals surface area contributed by atoms with Crippen molar-refractivity contribution in [3.63, 3.8) is 0 Å². The molecule has 0 amide bonds. The fourth-order valence-electron chi connectivity index (χ4n) is 4.28. The van der Waals surface area contributed by atoms with Gasteiger partial charge in [-0.15, -0.1) is 0 Å². The highest BCUT2D eigenvalue weighted by Crippen LogP contribution is 2.12. The third kappa shape index (κ3) is 7.14. The van der Waals surface area contributed by atoms with E-state index in [9.17, 15) is 0 Å². The van der Waals surface area contributed by atoms with Crippen LogP contribution in [0.1, 0.15) is 51.4 Å². The summed E-state index contributed by atoms with van der Waals surface area (Å²) in [5, 5.41) is 5.32. The van der Waals surface area contributed by atoms with Gasteiger partial charge < -0.3 is 17.0 Å². The first-order chi connectivity index (χ1) is 14.9. The van der Waals surface area contributed by atoms with Gasteiger partial charge in [0, 0.05) is 35.7 Å². The molecule has 4 rings (SSSR count). The Morgan fingerprint density at radius 3 is 1.19 bits per heavy atom. The van der Waals surface area contributed by atoms with Crippen molar-refractivity contribution in [2.75, 3.05) is 0 Å². The summed E-state index contributed by atoms with van der Waals surface area (Å²) in [6.07, 6.45) is 19.7. The van der Waals surface area contributed by atoms with E-state index in [2.05, 4.69) is 94.6 Å². The largest absolute Gasteiger partial charge is 1.00 e. The highest BCUT2D eigenvalue weighted by Gasteiger charge is 2.04. The molecular weight excluding hydrogens is 444 g/mol. The molecule has 0 saturated heterocycles. The van der Waals surface area contributed by atoms with E-state index in [1.165, 1.54) is 72.9 Å². The maximum atomic E-state index is 2.34. The zero-order valence-corrected chi connectivity index (χ0v) is 20.0. The zero-order valence-electron chi connectivity index (χ0n) is 18.4. The fraction of sp³-hybridized carbons (Fsp3) is 0.357. The first-order valence-electron chi connectivity index (χ1n) is 11.6. The molecule has 2 heterocycles. The topological polar surface area (TPSA) is 7.76 Å². The molecule has 2 aromatic heterocycles. The van der Waals surface area contributed by atoms with Crippen LogP contribution in [0, 0.1) is 0 Å². The van der Waals surface area contributed by atoms with Gasteiger partial charge in [-0.1, -0.05) is 62.1 Å². The number of nitrogens with zero attached hydrogens (tertiary/aromatic N) is 2. The fourth-order valence-corrected chi connectivity index (χ4v) is 4.28. The molecule has 3 heteroatoms. The van der Waals surface area contributed by atoms with Gasteiger partial charge in [-0.3, -0.25) is 0 Å². The van der Waals surface area contributed by atoms with Gasteiger partial charge in [0.25, 0.3) is 0 Å². The number of benzene rings is 2. The number of hydrogen-bond acceptors (Lipinski definition) is 0. The second-order valence-electron chi connectivity index (χ2n) is 8.45. The predicted octanol–water partition coefficient (Wildman–Crippen LogP) is 3.39. The number of aromatic nitrogens is 2. The van der Waals surface area contributed by atoms with E-state index in [-0.39, 0.29) is 17.0 Å². The number of pyridine rings is 2. The van der Waals surface area contributed by atoms with Crippen LogP contribution in [-0.4, -0.2) is 0 Å². The maximum Gasteiger partial charge on any atom is 0.176 e. The second kappa shape index (κ2) is 12.6. The molecule has 0 bridgehead atoms. The molecule has 0 spiro atoms. The normalized spacial score (nSPS) is 11.0.